The highest BCUT2D eigenvalue weighted by atomic mass is 16.5. The molecule has 0 spiro atoms. The van der Waals surface area contributed by atoms with Crippen molar-refractivity contribution in [2.45, 2.75) is 168 Å². The van der Waals surface area contributed by atoms with Crippen LogP contribution in [0.5, 0.6) is 17.2 Å². The van der Waals surface area contributed by atoms with Crippen LogP contribution in [0.15, 0.2) is 48.5 Å². The lowest BCUT2D eigenvalue weighted by Crippen LogP contribution is -2.41. The molecule has 1 amide bonds. The van der Waals surface area contributed by atoms with Gasteiger partial charge < -0.3 is 19.1 Å². The number of piperidine rings is 1. The van der Waals surface area contributed by atoms with E-state index in [0.717, 1.165) is 25.0 Å². The van der Waals surface area contributed by atoms with Crippen LogP contribution < -0.4 is 14.2 Å². The number of benzene rings is 2. The van der Waals surface area contributed by atoms with E-state index >= 15 is 0 Å². The summed E-state index contributed by atoms with van der Waals surface area (Å²) in [6, 6.07) is 13.5. The van der Waals surface area contributed by atoms with Crippen LogP contribution in [0.25, 0.3) is 0 Å². The molecule has 1 heterocycles. The van der Waals surface area contributed by atoms with Gasteiger partial charge in [0.25, 0.3) is 0 Å². The van der Waals surface area contributed by atoms with Gasteiger partial charge in [0.05, 0.1) is 18.1 Å². The molecule has 1 fully saturated rings. The van der Waals surface area contributed by atoms with Gasteiger partial charge in [-0.2, -0.15) is 0 Å². The lowest BCUT2D eigenvalue weighted by Gasteiger charge is -2.31. The molecule has 52 heavy (non-hydrogen) atoms. The van der Waals surface area contributed by atoms with Crippen molar-refractivity contribution in [2.75, 3.05) is 19.7 Å². The highest BCUT2D eigenvalue weighted by Gasteiger charge is 2.28. The normalized spacial score (nSPS) is 13.2. The predicted octanol–water partition coefficient (Wildman–Crippen LogP) is 12.1. The molecule has 0 unspecified atom stereocenters. The van der Waals surface area contributed by atoms with E-state index in [1.165, 1.54) is 116 Å². The van der Waals surface area contributed by atoms with Crippen LogP contribution >= 0.6 is 0 Å². The van der Waals surface area contributed by atoms with Gasteiger partial charge in [0.1, 0.15) is 17.2 Å². The second-order valence-electron chi connectivity index (χ2n) is 14.8. The van der Waals surface area contributed by atoms with Crippen molar-refractivity contribution in [3.63, 3.8) is 0 Å². The van der Waals surface area contributed by atoms with Crippen molar-refractivity contribution in [3.8, 4) is 17.2 Å². The van der Waals surface area contributed by atoms with Gasteiger partial charge in [0.2, 0.25) is 5.91 Å². The smallest absolute Gasteiger partial charge is 0.343 e. The predicted molar refractivity (Wildman–Crippen MR) is 211 cm³/mol. The molecule has 0 radical (unpaired) electrons. The summed E-state index contributed by atoms with van der Waals surface area (Å²) in [6.07, 6.45) is 28.7. The molecule has 2 aromatic carbocycles. The summed E-state index contributed by atoms with van der Waals surface area (Å²) in [5.41, 5.74) is 0.434. The van der Waals surface area contributed by atoms with Gasteiger partial charge >= 0.3 is 11.9 Å². The number of ether oxygens (including phenoxy) is 3. The fourth-order valence-corrected chi connectivity index (χ4v) is 6.87. The third-order valence-electron chi connectivity index (χ3n) is 10.3. The zero-order valence-electron chi connectivity index (χ0n) is 32.7. The Balaban J connectivity index is 1.23. The highest BCUT2D eigenvalue weighted by molar-refractivity contribution is 5.91. The molecule has 0 aliphatic carbocycles. The highest BCUT2D eigenvalue weighted by Crippen LogP contribution is 2.24. The quantitative estimate of drug-likeness (QED) is 0.0495. The van der Waals surface area contributed by atoms with E-state index in [-0.39, 0.29) is 17.8 Å². The molecule has 0 aromatic heterocycles. The Bertz CT molecular complexity index is 1240. The SMILES string of the molecule is CCCCCCCCCCCCCCCC(=O)N1CCC(C(=O)Oc2ccc(OC(=O)c3ccc(OCCCCCCCCCC)cc3)cc2)CC1. The first-order valence-electron chi connectivity index (χ1n) is 21.0. The topological polar surface area (TPSA) is 82.1 Å². The molecule has 7 heteroatoms. The van der Waals surface area contributed by atoms with Crippen LogP contribution in [-0.2, 0) is 9.59 Å². The van der Waals surface area contributed by atoms with Crippen LogP contribution in [0.4, 0.5) is 0 Å². The molecule has 1 aliphatic rings. The zero-order chi connectivity index (χ0) is 37.1. The Morgan fingerprint density at radius 2 is 0.962 bits per heavy atom. The number of carbonyl (C=O) groups is 3. The van der Waals surface area contributed by atoms with Crippen molar-refractivity contribution in [1.29, 1.82) is 0 Å². The van der Waals surface area contributed by atoms with E-state index in [1.807, 2.05) is 4.90 Å². The van der Waals surface area contributed by atoms with E-state index in [9.17, 15) is 14.4 Å². The largest absolute Gasteiger partial charge is 0.494 e. The number of hydrogen-bond donors (Lipinski definition) is 0. The van der Waals surface area contributed by atoms with Gasteiger partial charge in [-0.15, -0.1) is 0 Å². The Morgan fingerprint density at radius 1 is 0.538 bits per heavy atom. The summed E-state index contributed by atoms with van der Waals surface area (Å²) >= 11 is 0. The summed E-state index contributed by atoms with van der Waals surface area (Å²) < 4.78 is 17.0. The molecule has 0 N–H and O–H groups in total. The number of esters is 2. The Kier molecular flexibility index (Phi) is 22.6. The number of amides is 1. The van der Waals surface area contributed by atoms with Crippen molar-refractivity contribution in [2.24, 2.45) is 5.92 Å². The molecular weight excluding hydrogens is 650 g/mol. The van der Waals surface area contributed by atoms with E-state index in [2.05, 4.69) is 13.8 Å². The first-order chi connectivity index (χ1) is 25.5. The van der Waals surface area contributed by atoms with Gasteiger partial charge in [-0.1, -0.05) is 136 Å². The average molecular weight is 720 g/mol. The van der Waals surface area contributed by atoms with Crippen molar-refractivity contribution in [1.82, 2.24) is 4.90 Å². The molecule has 1 aliphatic heterocycles. The Morgan fingerprint density at radius 3 is 1.46 bits per heavy atom. The van der Waals surface area contributed by atoms with E-state index in [1.54, 1.807) is 48.5 Å². The van der Waals surface area contributed by atoms with Gasteiger partial charge in [-0.3, -0.25) is 9.59 Å². The molecule has 0 saturated carbocycles. The first kappa shape index (κ1) is 43.1. The number of rotatable bonds is 28. The van der Waals surface area contributed by atoms with Gasteiger partial charge in [0, 0.05) is 19.5 Å². The van der Waals surface area contributed by atoms with Gasteiger partial charge in [-0.05, 0) is 74.2 Å². The summed E-state index contributed by atoms with van der Waals surface area (Å²) in [5.74, 6) is 0.753. The average Bonchev–Trinajstić information content (AvgIpc) is 3.17. The maximum atomic E-state index is 12.9. The summed E-state index contributed by atoms with van der Waals surface area (Å²) in [7, 11) is 0. The minimum Gasteiger partial charge on any atom is -0.494 e. The molecule has 1 saturated heterocycles. The number of carbonyl (C=O) groups excluding carboxylic acids is 3. The molecule has 290 valence electrons. The van der Waals surface area contributed by atoms with Crippen LogP contribution in [0.2, 0.25) is 0 Å². The van der Waals surface area contributed by atoms with Crippen molar-refractivity contribution in [3.05, 3.63) is 54.1 Å². The number of hydrogen-bond acceptors (Lipinski definition) is 6. The van der Waals surface area contributed by atoms with E-state index in [4.69, 9.17) is 14.2 Å². The third-order valence-corrected chi connectivity index (χ3v) is 10.3. The van der Waals surface area contributed by atoms with Gasteiger partial charge in [-0.25, -0.2) is 4.79 Å². The maximum Gasteiger partial charge on any atom is 0.343 e. The van der Waals surface area contributed by atoms with Crippen molar-refractivity contribution >= 4 is 17.8 Å². The van der Waals surface area contributed by atoms with Gasteiger partial charge in [0.15, 0.2) is 0 Å². The van der Waals surface area contributed by atoms with E-state index < -0.39 is 5.97 Å². The Hall–Kier alpha value is -3.35. The fraction of sp³-hybridized carbons (Fsp3) is 0.667. The molecule has 2 aromatic rings. The molecule has 7 nitrogen and oxygen atoms in total. The monoisotopic (exact) mass is 720 g/mol. The first-order valence-corrected chi connectivity index (χ1v) is 21.0. The second-order valence-corrected chi connectivity index (χ2v) is 14.8. The fourth-order valence-electron chi connectivity index (χ4n) is 6.87. The zero-order valence-corrected chi connectivity index (χ0v) is 32.7. The molecular formula is C45H69NO6. The number of likely N-dealkylation sites (tertiary alicyclic amines) is 1. The van der Waals surface area contributed by atoms with Crippen LogP contribution in [0.1, 0.15) is 178 Å². The summed E-state index contributed by atoms with van der Waals surface area (Å²) in [6.45, 7) is 6.37. The van der Waals surface area contributed by atoms with Crippen LogP contribution in [0, 0.1) is 5.92 Å². The van der Waals surface area contributed by atoms with Crippen molar-refractivity contribution < 1.29 is 28.6 Å². The molecule has 0 atom stereocenters. The number of nitrogens with zero attached hydrogens (tertiary/aromatic N) is 1. The summed E-state index contributed by atoms with van der Waals surface area (Å²) in [5, 5.41) is 0. The maximum absolute atomic E-state index is 12.9. The van der Waals surface area contributed by atoms with Crippen LogP contribution in [-0.4, -0.2) is 42.4 Å². The number of unbranched alkanes of at least 4 members (excludes halogenated alkanes) is 19. The lowest BCUT2D eigenvalue weighted by molar-refractivity contribution is -0.143. The third kappa shape index (κ3) is 18.4. The summed E-state index contributed by atoms with van der Waals surface area (Å²) in [4.78, 5) is 40.2. The minimum absolute atomic E-state index is 0.207. The minimum atomic E-state index is -0.463. The molecule has 0 bridgehead atoms. The lowest BCUT2D eigenvalue weighted by atomic mass is 9.96. The standard InChI is InChI=1S/C45H69NO6/c1-3-5-7-9-11-13-14-15-16-17-18-20-22-24-43(47)46-35-33-39(34-36-46)45(49)52-42-31-29-41(30-32-42)51-44(48)38-25-27-40(28-26-38)50-37-23-21-19-12-10-8-6-4-2/h25-32,39H,3-24,33-37H2,1-2H3. The van der Waals surface area contributed by atoms with E-state index in [0.29, 0.717) is 56.0 Å². The van der Waals surface area contributed by atoms with Crippen LogP contribution in [0.3, 0.4) is 0 Å². The Labute approximate surface area is 315 Å². The second kappa shape index (κ2) is 27.3. The molecule has 3 rings (SSSR count).